The smallest absolute Gasteiger partial charge is 0.0932 e. The molecule has 0 bridgehead atoms. The molecule has 1 heterocycles. The van der Waals surface area contributed by atoms with Crippen molar-refractivity contribution in [3.8, 4) is 0 Å². The van der Waals surface area contributed by atoms with E-state index in [2.05, 4.69) is 21.5 Å². The molecule has 0 aliphatic heterocycles. The first-order chi connectivity index (χ1) is 4.88. The lowest BCUT2D eigenvalue weighted by atomic mass is 10.3. The molecule has 0 amide bonds. The Morgan fingerprint density at radius 3 is 3.20 bits per heavy atom. The molecule has 0 aliphatic carbocycles. The molecule has 0 saturated heterocycles. The van der Waals surface area contributed by atoms with Gasteiger partial charge in [-0.15, -0.1) is 0 Å². The first-order valence-electron chi connectivity index (χ1n) is 2.96. The summed E-state index contributed by atoms with van der Waals surface area (Å²) in [6.45, 7) is 3.60. The second kappa shape index (κ2) is 2.96. The lowest BCUT2D eigenvalue weighted by Gasteiger charge is -1.85. The fourth-order valence-electron chi connectivity index (χ4n) is 0.710. The number of rotatable bonds is 2. The van der Waals surface area contributed by atoms with Crippen LogP contribution < -0.4 is 0 Å². The quantitative estimate of drug-likeness (QED) is 0.606. The Bertz CT molecular complexity index is 247. The van der Waals surface area contributed by atoms with E-state index < -0.39 is 0 Å². The Hall–Kier alpha value is -1.38. The maximum Gasteiger partial charge on any atom is 0.0932 e. The van der Waals surface area contributed by atoms with Crippen molar-refractivity contribution in [2.75, 3.05) is 7.05 Å². The zero-order chi connectivity index (χ0) is 7.40. The van der Waals surface area contributed by atoms with E-state index in [1.807, 2.05) is 0 Å². The van der Waals surface area contributed by atoms with Crippen molar-refractivity contribution < 1.29 is 0 Å². The lowest BCUT2D eigenvalue weighted by molar-refractivity contribution is 1.30. The molecule has 1 aromatic rings. The van der Waals surface area contributed by atoms with Gasteiger partial charge in [-0.1, -0.05) is 6.58 Å². The van der Waals surface area contributed by atoms with E-state index in [0.29, 0.717) is 0 Å². The molecule has 0 aromatic carbocycles. The third kappa shape index (κ3) is 1.13. The van der Waals surface area contributed by atoms with E-state index >= 15 is 0 Å². The van der Waals surface area contributed by atoms with Crippen LogP contribution >= 0.6 is 0 Å². The van der Waals surface area contributed by atoms with Crippen LogP contribution in [0.3, 0.4) is 0 Å². The summed E-state index contributed by atoms with van der Waals surface area (Å²) in [6.07, 6.45) is 5.02. The van der Waals surface area contributed by atoms with Gasteiger partial charge < -0.3 is 4.98 Å². The Morgan fingerprint density at radius 1 is 1.80 bits per heavy atom. The molecule has 1 rings (SSSR count). The molecule has 0 radical (unpaired) electrons. The van der Waals surface area contributed by atoms with Crippen LogP contribution in [-0.4, -0.2) is 23.2 Å². The molecule has 0 unspecified atom stereocenters. The van der Waals surface area contributed by atoms with Gasteiger partial charge in [0.1, 0.15) is 0 Å². The molecule has 0 saturated carbocycles. The number of hydrogen-bond acceptors (Lipinski definition) is 2. The van der Waals surface area contributed by atoms with Crippen molar-refractivity contribution in [1.29, 1.82) is 0 Å². The molecule has 0 fully saturated rings. The third-order valence-corrected chi connectivity index (χ3v) is 1.15. The van der Waals surface area contributed by atoms with E-state index in [4.69, 9.17) is 0 Å². The Labute approximate surface area is 59.5 Å². The average Bonchev–Trinajstić information content (AvgIpc) is 2.36. The van der Waals surface area contributed by atoms with Crippen molar-refractivity contribution in [3.05, 3.63) is 24.3 Å². The van der Waals surface area contributed by atoms with Gasteiger partial charge in [-0.05, 0) is 6.08 Å². The molecule has 1 N–H and O–H groups in total. The molecule has 0 spiro atoms. The van der Waals surface area contributed by atoms with E-state index in [1.54, 1.807) is 25.7 Å². The van der Waals surface area contributed by atoms with Gasteiger partial charge in [-0.3, -0.25) is 4.99 Å². The van der Waals surface area contributed by atoms with Crippen LogP contribution in [0.25, 0.3) is 6.08 Å². The number of aromatic nitrogens is 2. The summed E-state index contributed by atoms with van der Waals surface area (Å²) >= 11 is 0. The summed E-state index contributed by atoms with van der Waals surface area (Å²) in [7, 11) is 1.72. The predicted molar refractivity (Wildman–Crippen MR) is 42.2 cm³/mol. The minimum Gasteiger partial charge on any atom is -0.343 e. The molecule has 0 atom stereocenters. The van der Waals surface area contributed by atoms with Crippen LogP contribution in [0.4, 0.5) is 0 Å². The molecule has 3 heteroatoms. The van der Waals surface area contributed by atoms with Gasteiger partial charge in [0.25, 0.3) is 0 Å². The number of aliphatic imine (C=N–C) groups is 1. The summed E-state index contributed by atoms with van der Waals surface area (Å²) in [4.78, 5) is 10.8. The maximum atomic E-state index is 3.99. The number of aromatic amines is 1. The van der Waals surface area contributed by atoms with Crippen LogP contribution in [0.2, 0.25) is 0 Å². The molecule has 1 aromatic heterocycles. The lowest BCUT2D eigenvalue weighted by Crippen LogP contribution is -1.83. The van der Waals surface area contributed by atoms with Gasteiger partial charge in [0.05, 0.1) is 17.7 Å². The van der Waals surface area contributed by atoms with E-state index in [9.17, 15) is 0 Å². The van der Waals surface area contributed by atoms with E-state index in [0.717, 1.165) is 11.4 Å². The highest BCUT2D eigenvalue weighted by molar-refractivity contribution is 5.81. The molecule has 0 aliphatic rings. The Balaban J connectivity index is 3.00. The second-order valence-electron chi connectivity index (χ2n) is 1.79. The highest BCUT2D eigenvalue weighted by Crippen LogP contribution is 1.99. The molecule has 52 valence electrons. The number of imidazole rings is 1. The number of nitrogens with one attached hydrogen (secondary N) is 1. The molecule has 3 nitrogen and oxygen atoms in total. The van der Waals surface area contributed by atoms with Crippen molar-refractivity contribution in [2.45, 2.75) is 0 Å². The monoisotopic (exact) mass is 135 g/mol. The highest BCUT2D eigenvalue weighted by atomic mass is 14.9. The highest BCUT2D eigenvalue weighted by Gasteiger charge is 1.95. The number of nitrogens with zero attached hydrogens (tertiary/aromatic N) is 2. The maximum absolute atomic E-state index is 3.99. The van der Waals surface area contributed by atoms with Crippen LogP contribution in [-0.2, 0) is 0 Å². The van der Waals surface area contributed by atoms with Crippen LogP contribution in [0.5, 0.6) is 0 Å². The Kier molecular flexibility index (Phi) is 1.99. The molecular weight excluding hydrogens is 126 g/mol. The average molecular weight is 135 g/mol. The van der Waals surface area contributed by atoms with Gasteiger partial charge in [0, 0.05) is 13.3 Å². The summed E-state index contributed by atoms with van der Waals surface area (Å²) in [5.74, 6) is 0. The van der Waals surface area contributed by atoms with Gasteiger partial charge in [0.15, 0.2) is 0 Å². The first-order valence-corrected chi connectivity index (χ1v) is 2.96. The molecule has 10 heavy (non-hydrogen) atoms. The second-order valence-corrected chi connectivity index (χ2v) is 1.79. The van der Waals surface area contributed by atoms with Gasteiger partial charge in [0.2, 0.25) is 0 Å². The van der Waals surface area contributed by atoms with Gasteiger partial charge in [-0.2, -0.15) is 0 Å². The van der Waals surface area contributed by atoms with Crippen LogP contribution in [0, 0.1) is 0 Å². The number of hydrogen-bond donors (Lipinski definition) is 1. The Morgan fingerprint density at radius 2 is 2.60 bits per heavy atom. The van der Waals surface area contributed by atoms with E-state index in [-0.39, 0.29) is 0 Å². The normalized spacial score (nSPS) is 10.5. The van der Waals surface area contributed by atoms with Gasteiger partial charge in [-0.25, -0.2) is 4.98 Å². The topological polar surface area (TPSA) is 41.0 Å². The standard InChI is InChI=1S/C7H9N3/c1-3-6-7(4-8-2)10-5-9-6/h3-5H,1H2,2H3,(H,9,10). The third-order valence-electron chi connectivity index (χ3n) is 1.15. The summed E-state index contributed by atoms with van der Waals surface area (Å²) < 4.78 is 0. The first kappa shape index (κ1) is 6.74. The van der Waals surface area contributed by atoms with Crippen LogP contribution in [0.15, 0.2) is 17.9 Å². The van der Waals surface area contributed by atoms with E-state index in [1.165, 1.54) is 0 Å². The predicted octanol–water partition coefficient (Wildman–Crippen LogP) is 1.10. The minimum absolute atomic E-state index is 0.839. The zero-order valence-electron chi connectivity index (χ0n) is 5.83. The number of H-pyrrole nitrogens is 1. The largest absolute Gasteiger partial charge is 0.343 e. The van der Waals surface area contributed by atoms with Crippen molar-refractivity contribution in [3.63, 3.8) is 0 Å². The van der Waals surface area contributed by atoms with Crippen molar-refractivity contribution in [2.24, 2.45) is 4.99 Å². The van der Waals surface area contributed by atoms with Crippen molar-refractivity contribution in [1.82, 2.24) is 9.97 Å². The minimum atomic E-state index is 0.839. The molecular formula is C7H9N3. The summed E-state index contributed by atoms with van der Waals surface area (Å²) in [5.41, 5.74) is 1.74. The van der Waals surface area contributed by atoms with Gasteiger partial charge >= 0.3 is 0 Å². The zero-order valence-corrected chi connectivity index (χ0v) is 5.83. The summed E-state index contributed by atoms with van der Waals surface area (Å²) in [5, 5.41) is 0. The summed E-state index contributed by atoms with van der Waals surface area (Å²) in [6, 6.07) is 0. The fraction of sp³-hybridized carbons (Fsp3) is 0.143. The SMILES string of the molecule is C=Cc1nc[nH]c1C=NC. The van der Waals surface area contributed by atoms with Crippen LogP contribution in [0.1, 0.15) is 11.4 Å². The van der Waals surface area contributed by atoms with Crippen molar-refractivity contribution >= 4 is 12.3 Å². The fourth-order valence-corrected chi connectivity index (χ4v) is 0.710.